The van der Waals surface area contributed by atoms with Crippen molar-refractivity contribution in [2.75, 3.05) is 0 Å². The first-order valence-corrected chi connectivity index (χ1v) is 9.13. The minimum atomic E-state index is 0.0618. The summed E-state index contributed by atoms with van der Waals surface area (Å²) in [5.74, 6) is 0.313. The van der Waals surface area contributed by atoms with E-state index in [0.29, 0.717) is 11.6 Å². The summed E-state index contributed by atoms with van der Waals surface area (Å²) in [6.07, 6.45) is 9.72. The Hall–Kier alpha value is -2.80. The first kappa shape index (κ1) is 18.0. The molecule has 1 aliphatic carbocycles. The molecule has 1 saturated carbocycles. The highest BCUT2D eigenvalue weighted by molar-refractivity contribution is 5.49. The van der Waals surface area contributed by atoms with Gasteiger partial charge in [-0.05, 0) is 48.1 Å². The largest absolute Gasteiger partial charge is 0.240 e. The Labute approximate surface area is 153 Å². The quantitative estimate of drug-likeness (QED) is 0.435. The zero-order chi connectivity index (χ0) is 18.2. The van der Waals surface area contributed by atoms with Crippen LogP contribution in [0.4, 0.5) is 5.69 Å². The van der Waals surface area contributed by atoms with E-state index in [-0.39, 0.29) is 6.04 Å². The fourth-order valence-electron chi connectivity index (χ4n) is 3.76. The molecule has 1 fully saturated rings. The molecule has 132 valence electrons. The molecule has 0 amide bonds. The third kappa shape index (κ3) is 4.64. The molecular weight excluding hydrogens is 324 g/mol. The van der Waals surface area contributed by atoms with Gasteiger partial charge in [-0.25, -0.2) is 14.6 Å². The minimum absolute atomic E-state index is 0.0618. The summed E-state index contributed by atoms with van der Waals surface area (Å²) in [5.41, 5.74) is 4.27. The van der Waals surface area contributed by atoms with Gasteiger partial charge in [-0.2, -0.15) is 4.99 Å². The van der Waals surface area contributed by atoms with E-state index in [9.17, 15) is 9.59 Å². The van der Waals surface area contributed by atoms with Crippen molar-refractivity contribution in [3.8, 4) is 0 Å². The fraction of sp³-hybridized carbons (Fsp3) is 0.364. The Morgan fingerprint density at radius 3 is 2.12 bits per heavy atom. The van der Waals surface area contributed by atoms with Gasteiger partial charge < -0.3 is 0 Å². The summed E-state index contributed by atoms with van der Waals surface area (Å²) in [6, 6.07) is 16.3. The van der Waals surface area contributed by atoms with Gasteiger partial charge >= 0.3 is 0 Å². The van der Waals surface area contributed by atoms with Crippen molar-refractivity contribution < 1.29 is 9.59 Å². The molecule has 3 rings (SSSR count). The third-order valence-electron chi connectivity index (χ3n) is 5.13. The first-order chi connectivity index (χ1) is 12.8. The third-order valence-corrected chi connectivity index (χ3v) is 5.13. The molecule has 0 bridgehead atoms. The molecular formula is C22H22N2O2. The highest BCUT2D eigenvalue weighted by atomic mass is 16.1. The normalized spacial score (nSPS) is 19.7. The second kappa shape index (κ2) is 9.05. The lowest BCUT2D eigenvalue weighted by Crippen LogP contribution is -2.15. The number of nitrogens with zero attached hydrogens (tertiary/aromatic N) is 2. The van der Waals surface area contributed by atoms with Crippen molar-refractivity contribution in [3.63, 3.8) is 0 Å². The van der Waals surface area contributed by atoms with Gasteiger partial charge in [0.15, 0.2) is 0 Å². The Bertz CT molecular complexity index is 814. The highest BCUT2D eigenvalue weighted by Crippen LogP contribution is 2.34. The van der Waals surface area contributed by atoms with E-state index in [1.165, 1.54) is 29.5 Å². The molecule has 2 aromatic carbocycles. The lowest BCUT2D eigenvalue weighted by atomic mass is 9.87. The van der Waals surface area contributed by atoms with Crippen LogP contribution in [-0.2, 0) is 16.0 Å². The summed E-state index contributed by atoms with van der Waals surface area (Å²) < 4.78 is 0. The molecule has 0 N–H and O–H groups in total. The second-order valence-corrected chi connectivity index (χ2v) is 6.82. The number of aliphatic imine (C=N–C) groups is 2. The fourth-order valence-corrected chi connectivity index (χ4v) is 3.76. The zero-order valence-electron chi connectivity index (χ0n) is 14.7. The number of hydrogen-bond acceptors (Lipinski definition) is 4. The van der Waals surface area contributed by atoms with Crippen LogP contribution in [0.15, 0.2) is 58.5 Å². The second-order valence-electron chi connectivity index (χ2n) is 6.82. The first-order valence-electron chi connectivity index (χ1n) is 9.13. The Balaban J connectivity index is 1.72. The molecule has 4 nitrogen and oxygen atoms in total. The molecule has 0 spiro atoms. The Morgan fingerprint density at radius 2 is 1.46 bits per heavy atom. The molecule has 2 atom stereocenters. The molecule has 26 heavy (non-hydrogen) atoms. The van der Waals surface area contributed by atoms with Crippen LogP contribution < -0.4 is 0 Å². The Kier molecular flexibility index (Phi) is 6.27. The SMILES string of the molecule is O=C=Nc1ccc(Cc2ccc(C3CCCCCC3N=C=O)cc2)cc1. The Morgan fingerprint density at radius 1 is 0.808 bits per heavy atom. The van der Waals surface area contributed by atoms with E-state index in [4.69, 9.17) is 0 Å². The summed E-state index contributed by atoms with van der Waals surface area (Å²) in [5, 5.41) is 0. The number of carbonyl (C=O) groups excluding carboxylic acids is 2. The summed E-state index contributed by atoms with van der Waals surface area (Å²) in [7, 11) is 0. The summed E-state index contributed by atoms with van der Waals surface area (Å²) in [4.78, 5) is 28.7. The van der Waals surface area contributed by atoms with E-state index in [1.807, 2.05) is 24.3 Å². The molecule has 0 aliphatic heterocycles. The van der Waals surface area contributed by atoms with Crippen molar-refractivity contribution >= 4 is 17.8 Å². The van der Waals surface area contributed by atoms with Gasteiger partial charge in [-0.15, -0.1) is 0 Å². The maximum absolute atomic E-state index is 10.8. The van der Waals surface area contributed by atoms with Gasteiger partial charge in [0.05, 0.1) is 11.7 Å². The average molecular weight is 346 g/mol. The van der Waals surface area contributed by atoms with Crippen LogP contribution in [-0.4, -0.2) is 18.2 Å². The van der Waals surface area contributed by atoms with Crippen LogP contribution in [0.25, 0.3) is 0 Å². The van der Waals surface area contributed by atoms with Crippen LogP contribution >= 0.6 is 0 Å². The number of isocyanates is 2. The van der Waals surface area contributed by atoms with E-state index in [1.54, 1.807) is 12.2 Å². The molecule has 2 aromatic rings. The van der Waals surface area contributed by atoms with Crippen molar-refractivity contribution in [3.05, 3.63) is 65.2 Å². The zero-order valence-corrected chi connectivity index (χ0v) is 14.7. The van der Waals surface area contributed by atoms with E-state index in [2.05, 4.69) is 34.3 Å². The lowest BCUT2D eigenvalue weighted by Gasteiger charge is -2.21. The maximum atomic E-state index is 10.8. The van der Waals surface area contributed by atoms with E-state index in [0.717, 1.165) is 25.7 Å². The van der Waals surface area contributed by atoms with Crippen LogP contribution in [0.5, 0.6) is 0 Å². The topological polar surface area (TPSA) is 58.9 Å². The number of hydrogen-bond donors (Lipinski definition) is 0. The smallest absolute Gasteiger partial charge is 0.211 e. The summed E-state index contributed by atoms with van der Waals surface area (Å²) >= 11 is 0. The van der Waals surface area contributed by atoms with Gasteiger partial charge in [-0.1, -0.05) is 55.7 Å². The van der Waals surface area contributed by atoms with E-state index >= 15 is 0 Å². The molecule has 0 heterocycles. The molecule has 1 aliphatic rings. The van der Waals surface area contributed by atoms with Crippen LogP contribution in [0.3, 0.4) is 0 Å². The average Bonchev–Trinajstić information content (AvgIpc) is 2.90. The molecule has 0 radical (unpaired) electrons. The monoisotopic (exact) mass is 346 g/mol. The lowest BCUT2D eigenvalue weighted by molar-refractivity contribution is 0.496. The predicted molar refractivity (Wildman–Crippen MR) is 101 cm³/mol. The van der Waals surface area contributed by atoms with Gasteiger partial charge in [-0.3, -0.25) is 0 Å². The van der Waals surface area contributed by atoms with E-state index < -0.39 is 0 Å². The minimum Gasteiger partial charge on any atom is -0.211 e. The van der Waals surface area contributed by atoms with Crippen LogP contribution in [0, 0.1) is 0 Å². The van der Waals surface area contributed by atoms with Gasteiger partial charge in [0.1, 0.15) is 0 Å². The molecule has 4 heteroatoms. The molecule has 2 unspecified atom stereocenters. The molecule has 0 saturated heterocycles. The van der Waals surface area contributed by atoms with Crippen molar-refractivity contribution in [2.24, 2.45) is 9.98 Å². The molecule has 0 aromatic heterocycles. The number of rotatable bonds is 5. The highest BCUT2D eigenvalue weighted by Gasteiger charge is 2.24. The van der Waals surface area contributed by atoms with Crippen LogP contribution in [0.1, 0.15) is 54.7 Å². The summed E-state index contributed by atoms with van der Waals surface area (Å²) in [6.45, 7) is 0. The predicted octanol–water partition coefficient (Wildman–Crippen LogP) is 5.00. The van der Waals surface area contributed by atoms with Gasteiger partial charge in [0, 0.05) is 5.92 Å². The van der Waals surface area contributed by atoms with Crippen molar-refractivity contribution in [2.45, 2.75) is 50.5 Å². The maximum Gasteiger partial charge on any atom is 0.240 e. The number of benzene rings is 2. The van der Waals surface area contributed by atoms with Crippen LogP contribution in [0.2, 0.25) is 0 Å². The van der Waals surface area contributed by atoms with Gasteiger partial charge in [0.2, 0.25) is 12.2 Å². The standard InChI is InChI=1S/C22H22N2O2/c25-15-23-20-12-8-18(9-13-20)14-17-6-10-19(11-7-17)21-4-2-1-3-5-22(21)24-16-26/h6-13,21-22H,1-5,14H2. The van der Waals surface area contributed by atoms with Gasteiger partial charge in [0.25, 0.3) is 0 Å². The van der Waals surface area contributed by atoms with Crippen molar-refractivity contribution in [1.29, 1.82) is 0 Å². The van der Waals surface area contributed by atoms with Crippen molar-refractivity contribution in [1.82, 2.24) is 0 Å².